The van der Waals surface area contributed by atoms with Gasteiger partial charge in [0, 0.05) is 18.8 Å². The zero-order valence-electron chi connectivity index (χ0n) is 11.6. The molecule has 3 nitrogen and oxygen atoms in total. The molecule has 2 unspecified atom stereocenters. The maximum absolute atomic E-state index is 12.1. The minimum atomic E-state index is -4.64. The Kier molecular flexibility index (Phi) is 4.42. The van der Waals surface area contributed by atoms with Crippen molar-refractivity contribution in [2.75, 3.05) is 25.0 Å². The lowest BCUT2D eigenvalue weighted by Crippen LogP contribution is -2.47. The highest BCUT2D eigenvalue weighted by atomic mass is 19.4. The minimum Gasteiger partial charge on any atom is -0.406 e. The van der Waals surface area contributed by atoms with E-state index in [9.17, 15) is 13.2 Å². The fourth-order valence-electron chi connectivity index (χ4n) is 2.65. The van der Waals surface area contributed by atoms with Crippen molar-refractivity contribution < 1.29 is 17.9 Å². The Labute approximate surface area is 116 Å². The van der Waals surface area contributed by atoms with Gasteiger partial charge in [-0.05, 0) is 49.7 Å². The van der Waals surface area contributed by atoms with Crippen molar-refractivity contribution in [1.82, 2.24) is 5.32 Å². The lowest BCUT2D eigenvalue weighted by atomic mass is 9.93. The number of rotatable bonds is 3. The van der Waals surface area contributed by atoms with Crippen molar-refractivity contribution in [3.05, 3.63) is 24.3 Å². The molecule has 0 amide bonds. The first-order chi connectivity index (χ1) is 9.37. The van der Waals surface area contributed by atoms with Crippen molar-refractivity contribution >= 4 is 5.69 Å². The molecule has 2 rings (SSSR count). The number of hydrogen-bond acceptors (Lipinski definition) is 3. The van der Waals surface area contributed by atoms with Crippen LogP contribution in [0.2, 0.25) is 0 Å². The van der Waals surface area contributed by atoms with Crippen molar-refractivity contribution in [3.63, 3.8) is 0 Å². The van der Waals surface area contributed by atoms with Crippen LogP contribution in [0.5, 0.6) is 5.75 Å². The molecule has 1 heterocycles. The summed E-state index contributed by atoms with van der Waals surface area (Å²) >= 11 is 0. The maximum atomic E-state index is 12.1. The molecule has 1 N–H and O–H groups in total. The number of benzene rings is 1. The first kappa shape index (κ1) is 15.0. The van der Waals surface area contributed by atoms with Crippen LogP contribution in [0.15, 0.2) is 24.3 Å². The van der Waals surface area contributed by atoms with E-state index < -0.39 is 6.36 Å². The molecular formula is C14H19F3N2O. The van der Waals surface area contributed by atoms with Gasteiger partial charge in [0.05, 0.1) is 0 Å². The van der Waals surface area contributed by atoms with E-state index in [-0.39, 0.29) is 5.75 Å². The molecule has 1 aromatic rings. The van der Waals surface area contributed by atoms with Gasteiger partial charge in [0.1, 0.15) is 5.75 Å². The minimum absolute atomic E-state index is 0.187. The lowest BCUT2D eigenvalue weighted by molar-refractivity contribution is -0.274. The van der Waals surface area contributed by atoms with E-state index in [1.165, 1.54) is 12.1 Å². The number of halogens is 3. The van der Waals surface area contributed by atoms with Crippen molar-refractivity contribution in [1.29, 1.82) is 0 Å². The maximum Gasteiger partial charge on any atom is 0.573 e. The SMILES string of the molecule is CC1CNCCC1N(C)c1ccc(OC(F)(F)F)cc1. The van der Waals surface area contributed by atoms with E-state index in [1.807, 2.05) is 7.05 Å². The van der Waals surface area contributed by atoms with Gasteiger partial charge in [-0.25, -0.2) is 0 Å². The smallest absolute Gasteiger partial charge is 0.406 e. The first-order valence-corrected chi connectivity index (χ1v) is 6.66. The molecular weight excluding hydrogens is 269 g/mol. The third-order valence-corrected chi connectivity index (χ3v) is 3.72. The fourth-order valence-corrected chi connectivity index (χ4v) is 2.65. The largest absolute Gasteiger partial charge is 0.573 e. The summed E-state index contributed by atoms with van der Waals surface area (Å²) in [5.74, 6) is 0.313. The standard InChI is InChI=1S/C14H19F3N2O/c1-10-9-18-8-7-13(10)19(2)11-3-5-12(6-4-11)20-14(15,16)17/h3-6,10,13,18H,7-9H2,1-2H3. The third-order valence-electron chi connectivity index (χ3n) is 3.72. The van der Waals surface area contributed by atoms with Crippen molar-refractivity contribution in [2.45, 2.75) is 25.7 Å². The normalized spacial score (nSPS) is 23.4. The predicted molar refractivity (Wildman–Crippen MR) is 72.0 cm³/mol. The van der Waals surface area contributed by atoms with Crippen LogP contribution in [0.25, 0.3) is 0 Å². The Balaban J connectivity index is 2.05. The second kappa shape index (κ2) is 5.91. The molecule has 0 bridgehead atoms. The van der Waals surface area contributed by atoms with E-state index in [0.717, 1.165) is 25.2 Å². The monoisotopic (exact) mass is 288 g/mol. The Morgan fingerprint density at radius 1 is 1.25 bits per heavy atom. The Hall–Kier alpha value is -1.43. The van der Waals surface area contributed by atoms with Crippen LogP contribution in [0.4, 0.5) is 18.9 Å². The van der Waals surface area contributed by atoms with Crippen molar-refractivity contribution in [3.8, 4) is 5.75 Å². The quantitative estimate of drug-likeness (QED) is 0.925. The van der Waals surface area contributed by atoms with Crippen molar-refractivity contribution in [2.24, 2.45) is 5.92 Å². The molecule has 112 valence electrons. The highest BCUT2D eigenvalue weighted by molar-refractivity contribution is 5.49. The zero-order valence-corrected chi connectivity index (χ0v) is 11.6. The van der Waals surface area contributed by atoms with Crippen LogP contribution in [0.1, 0.15) is 13.3 Å². The van der Waals surface area contributed by atoms with Gasteiger partial charge in [-0.3, -0.25) is 0 Å². The summed E-state index contributed by atoms with van der Waals surface area (Å²) in [5, 5.41) is 3.33. The van der Waals surface area contributed by atoms with Crippen LogP contribution < -0.4 is 15.0 Å². The van der Waals surface area contributed by atoms with Gasteiger partial charge < -0.3 is 15.0 Å². The highest BCUT2D eigenvalue weighted by Crippen LogP contribution is 2.27. The molecule has 0 radical (unpaired) electrons. The molecule has 1 aromatic carbocycles. The van der Waals surface area contributed by atoms with Gasteiger partial charge in [0.15, 0.2) is 0 Å². The Morgan fingerprint density at radius 2 is 1.90 bits per heavy atom. The lowest BCUT2D eigenvalue weighted by Gasteiger charge is -2.38. The number of piperidine rings is 1. The molecule has 1 aliphatic rings. The van der Waals surface area contributed by atoms with Crippen LogP contribution in [-0.2, 0) is 0 Å². The van der Waals surface area contributed by atoms with Crippen LogP contribution in [0, 0.1) is 5.92 Å². The molecule has 1 fully saturated rings. The number of anilines is 1. The predicted octanol–water partition coefficient (Wildman–Crippen LogP) is 3.02. The van der Waals surface area contributed by atoms with Gasteiger partial charge in [-0.1, -0.05) is 6.92 Å². The number of nitrogens with zero attached hydrogens (tertiary/aromatic N) is 1. The summed E-state index contributed by atoms with van der Waals surface area (Å²) in [5.41, 5.74) is 0.901. The van der Waals surface area contributed by atoms with E-state index >= 15 is 0 Å². The first-order valence-electron chi connectivity index (χ1n) is 6.66. The Bertz CT molecular complexity index is 433. The number of nitrogens with one attached hydrogen (secondary N) is 1. The molecule has 20 heavy (non-hydrogen) atoms. The van der Waals surface area contributed by atoms with Gasteiger partial charge in [-0.15, -0.1) is 13.2 Å². The second-order valence-corrected chi connectivity index (χ2v) is 5.19. The van der Waals surface area contributed by atoms with E-state index in [2.05, 4.69) is 21.9 Å². The van der Waals surface area contributed by atoms with Gasteiger partial charge in [-0.2, -0.15) is 0 Å². The van der Waals surface area contributed by atoms with Gasteiger partial charge in [0.2, 0.25) is 0 Å². The van der Waals surface area contributed by atoms with E-state index in [0.29, 0.717) is 12.0 Å². The summed E-state index contributed by atoms with van der Waals surface area (Å²) < 4.78 is 40.2. The average molecular weight is 288 g/mol. The summed E-state index contributed by atoms with van der Waals surface area (Å²) in [6.45, 7) is 4.10. The molecule has 0 aromatic heterocycles. The van der Waals surface area contributed by atoms with Crippen LogP contribution in [-0.4, -0.2) is 32.5 Å². The summed E-state index contributed by atoms with van der Waals surface area (Å²) in [6, 6.07) is 6.42. The molecule has 0 aliphatic carbocycles. The third kappa shape index (κ3) is 3.79. The fraction of sp³-hybridized carbons (Fsp3) is 0.571. The summed E-state index contributed by atoms with van der Waals surface area (Å²) in [4.78, 5) is 2.13. The number of ether oxygens (including phenoxy) is 1. The van der Waals surface area contributed by atoms with Crippen LogP contribution in [0.3, 0.4) is 0 Å². The van der Waals surface area contributed by atoms with Gasteiger partial charge in [0.25, 0.3) is 0 Å². The van der Waals surface area contributed by atoms with Crippen LogP contribution >= 0.6 is 0 Å². The topological polar surface area (TPSA) is 24.5 Å². The van der Waals surface area contributed by atoms with E-state index in [1.54, 1.807) is 12.1 Å². The number of hydrogen-bond donors (Lipinski definition) is 1. The Morgan fingerprint density at radius 3 is 2.45 bits per heavy atom. The molecule has 1 saturated heterocycles. The summed E-state index contributed by atoms with van der Waals surface area (Å²) in [7, 11) is 1.98. The molecule has 2 atom stereocenters. The zero-order chi connectivity index (χ0) is 14.8. The average Bonchev–Trinajstić information content (AvgIpc) is 2.37. The summed E-state index contributed by atoms with van der Waals surface area (Å²) in [6.07, 6.45) is -3.62. The second-order valence-electron chi connectivity index (χ2n) is 5.19. The molecule has 1 aliphatic heterocycles. The molecule has 6 heteroatoms. The molecule has 0 spiro atoms. The highest BCUT2D eigenvalue weighted by Gasteiger charge is 2.31. The number of alkyl halides is 3. The van der Waals surface area contributed by atoms with Gasteiger partial charge >= 0.3 is 6.36 Å². The van der Waals surface area contributed by atoms with E-state index in [4.69, 9.17) is 0 Å². The molecule has 0 saturated carbocycles.